The molecule has 0 saturated carbocycles. The van der Waals surface area contributed by atoms with Crippen LogP contribution in [0.1, 0.15) is 45.7 Å². The highest BCUT2D eigenvalue weighted by molar-refractivity contribution is 5.55. The number of rotatable bonds is 0. The number of hydrogen-bond donors (Lipinski definition) is 1. The average molecular weight is 220 g/mol. The number of aromatic hydroxyl groups is 1. The Kier molecular flexibility index (Phi) is 2.23. The van der Waals surface area contributed by atoms with Gasteiger partial charge < -0.3 is 9.84 Å². The molecule has 0 saturated heterocycles. The van der Waals surface area contributed by atoms with Crippen LogP contribution in [0.2, 0.25) is 0 Å². The van der Waals surface area contributed by atoms with E-state index in [1.165, 1.54) is 0 Å². The van der Waals surface area contributed by atoms with Crippen LogP contribution in [0, 0.1) is 0 Å². The molecule has 2 nitrogen and oxygen atoms in total. The van der Waals surface area contributed by atoms with Crippen LogP contribution in [-0.2, 0) is 11.8 Å². The van der Waals surface area contributed by atoms with Crippen molar-refractivity contribution in [3.05, 3.63) is 23.3 Å². The Morgan fingerprint density at radius 3 is 2.44 bits per heavy atom. The molecule has 88 valence electrons. The molecule has 0 amide bonds. The van der Waals surface area contributed by atoms with Crippen LogP contribution in [0.15, 0.2) is 12.1 Å². The smallest absolute Gasteiger partial charge is 0.165 e. The van der Waals surface area contributed by atoms with Crippen LogP contribution in [0.25, 0.3) is 0 Å². The maximum atomic E-state index is 10.3. The molecule has 1 N–H and O–H groups in total. The molecule has 1 aromatic carbocycles. The first-order valence-corrected chi connectivity index (χ1v) is 5.75. The highest BCUT2D eigenvalue weighted by atomic mass is 16.5. The van der Waals surface area contributed by atoms with Gasteiger partial charge in [0.1, 0.15) is 5.60 Å². The maximum absolute atomic E-state index is 10.3. The van der Waals surface area contributed by atoms with Crippen LogP contribution >= 0.6 is 0 Å². The van der Waals surface area contributed by atoms with Gasteiger partial charge in [-0.15, -0.1) is 0 Å². The number of ether oxygens (including phenoxy) is 1. The Morgan fingerprint density at radius 1 is 1.25 bits per heavy atom. The second-order valence-electron chi connectivity index (χ2n) is 6.24. The van der Waals surface area contributed by atoms with Gasteiger partial charge in [0.15, 0.2) is 11.5 Å². The van der Waals surface area contributed by atoms with E-state index in [9.17, 15) is 5.11 Å². The third-order valence-electron chi connectivity index (χ3n) is 3.02. The van der Waals surface area contributed by atoms with Gasteiger partial charge in [0.25, 0.3) is 0 Å². The lowest BCUT2D eigenvalue weighted by molar-refractivity contribution is 0.134. The Balaban J connectivity index is 2.52. The minimum atomic E-state index is -0.198. The fourth-order valence-corrected chi connectivity index (χ4v) is 2.24. The first kappa shape index (κ1) is 11.3. The van der Waals surface area contributed by atoms with Crippen LogP contribution < -0.4 is 4.74 Å². The highest BCUT2D eigenvalue weighted by Gasteiger charge is 2.34. The Morgan fingerprint density at radius 2 is 1.88 bits per heavy atom. The van der Waals surface area contributed by atoms with E-state index >= 15 is 0 Å². The molecule has 16 heavy (non-hydrogen) atoms. The van der Waals surface area contributed by atoms with Gasteiger partial charge >= 0.3 is 0 Å². The van der Waals surface area contributed by atoms with Gasteiger partial charge in [0.05, 0.1) is 0 Å². The molecule has 1 aliphatic heterocycles. The summed E-state index contributed by atoms with van der Waals surface area (Å²) in [5, 5.41) is 10.3. The van der Waals surface area contributed by atoms with Crippen molar-refractivity contribution in [3.63, 3.8) is 0 Å². The second-order valence-corrected chi connectivity index (χ2v) is 6.24. The van der Waals surface area contributed by atoms with Gasteiger partial charge in [-0.05, 0) is 19.3 Å². The first-order valence-electron chi connectivity index (χ1n) is 5.75. The zero-order valence-electron chi connectivity index (χ0n) is 10.7. The third kappa shape index (κ3) is 1.77. The van der Waals surface area contributed by atoms with Crippen molar-refractivity contribution in [2.24, 2.45) is 0 Å². The Hall–Kier alpha value is -1.18. The number of phenols is 1. The summed E-state index contributed by atoms with van der Waals surface area (Å²) in [6.07, 6.45) is 0.861. The zero-order valence-corrected chi connectivity index (χ0v) is 10.7. The lowest BCUT2D eigenvalue weighted by Crippen LogP contribution is -2.24. The molecule has 0 aromatic heterocycles. The molecular weight excluding hydrogens is 200 g/mol. The van der Waals surface area contributed by atoms with Crippen LogP contribution in [0.4, 0.5) is 0 Å². The zero-order chi connectivity index (χ0) is 12.1. The topological polar surface area (TPSA) is 29.5 Å². The Labute approximate surface area is 97.3 Å². The first-order chi connectivity index (χ1) is 7.21. The van der Waals surface area contributed by atoms with E-state index in [1.807, 2.05) is 19.9 Å². The van der Waals surface area contributed by atoms with Crippen molar-refractivity contribution in [1.82, 2.24) is 0 Å². The predicted molar refractivity (Wildman–Crippen MR) is 65.2 cm³/mol. The molecule has 0 fully saturated rings. The van der Waals surface area contributed by atoms with Gasteiger partial charge in [0.2, 0.25) is 0 Å². The monoisotopic (exact) mass is 220 g/mol. The molecule has 0 aliphatic carbocycles. The summed E-state index contributed by atoms with van der Waals surface area (Å²) in [5.74, 6) is 0.994. The van der Waals surface area contributed by atoms with Crippen molar-refractivity contribution in [1.29, 1.82) is 0 Å². The predicted octanol–water partition coefficient (Wildman–Crippen LogP) is 3.40. The van der Waals surface area contributed by atoms with Gasteiger partial charge in [-0.1, -0.05) is 32.9 Å². The van der Waals surface area contributed by atoms with Crippen molar-refractivity contribution < 1.29 is 9.84 Å². The van der Waals surface area contributed by atoms with Crippen LogP contribution in [0.5, 0.6) is 11.5 Å². The molecule has 1 aromatic rings. The fraction of sp³-hybridized carbons (Fsp3) is 0.571. The van der Waals surface area contributed by atoms with E-state index in [0.29, 0.717) is 11.5 Å². The molecule has 0 atom stereocenters. The van der Waals surface area contributed by atoms with Gasteiger partial charge in [-0.3, -0.25) is 0 Å². The summed E-state index contributed by atoms with van der Waals surface area (Å²) in [4.78, 5) is 0. The summed E-state index contributed by atoms with van der Waals surface area (Å²) >= 11 is 0. The van der Waals surface area contributed by atoms with E-state index in [4.69, 9.17) is 4.74 Å². The molecule has 1 heterocycles. The number of hydrogen-bond acceptors (Lipinski definition) is 2. The molecule has 2 rings (SSSR count). The number of fused-ring (bicyclic) bond motifs is 1. The minimum Gasteiger partial charge on any atom is -0.504 e. The quantitative estimate of drug-likeness (QED) is 0.726. The molecule has 1 aliphatic rings. The van der Waals surface area contributed by atoms with Gasteiger partial charge in [-0.2, -0.15) is 0 Å². The van der Waals surface area contributed by atoms with Crippen molar-refractivity contribution >= 4 is 0 Å². The molecule has 2 heteroatoms. The molecule has 0 radical (unpaired) electrons. The largest absolute Gasteiger partial charge is 0.504 e. The van der Waals surface area contributed by atoms with E-state index in [1.54, 1.807) is 0 Å². The summed E-state index contributed by atoms with van der Waals surface area (Å²) in [5.41, 5.74) is 1.80. The molecule has 0 unspecified atom stereocenters. The molecular formula is C14H20O2. The standard InChI is InChI=1S/C14H20O2/c1-13(2,3)10-7-6-9-8-14(4,5)16-12(9)11(10)15/h6-7,15H,8H2,1-5H3. The van der Waals surface area contributed by atoms with E-state index in [-0.39, 0.29) is 11.0 Å². The second kappa shape index (κ2) is 3.16. The highest BCUT2D eigenvalue weighted by Crippen LogP contribution is 2.46. The molecule has 0 bridgehead atoms. The minimum absolute atomic E-state index is 0.0603. The van der Waals surface area contributed by atoms with Crippen LogP contribution in [0.3, 0.4) is 0 Å². The van der Waals surface area contributed by atoms with Crippen molar-refractivity contribution in [3.8, 4) is 11.5 Å². The third-order valence-corrected chi connectivity index (χ3v) is 3.02. The average Bonchev–Trinajstić information content (AvgIpc) is 2.38. The number of benzene rings is 1. The summed E-state index contributed by atoms with van der Waals surface area (Å²) < 4.78 is 5.81. The lowest BCUT2D eigenvalue weighted by atomic mass is 9.85. The van der Waals surface area contributed by atoms with E-state index in [2.05, 4.69) is 26.8 Å². The fourth-order valence-electron chi connectivity index (χ4n) is 2.24. The Bertz CT molecular complexity index is 425. The van der Waals surface area contributed by atoms with E-state index < -0.39 is 0 Å². The maximum Gasteiger partial charge on any atom is 0.165 e. The summed E-state index contributed by atoms with van der Waals surface area (Å²) in [6, 6.07) is 4.09. The lowest BCUT2D eigenvalue weighted by Gasteiger charge is -2.22. The SMILES string of the molecule is CC1(C)Cc2ccc(C(C)(C)C)c(O)c2O1. The van der Waals surface area contributed by atoms with Crippen molar-refractivity contribution in [2.75, 3.05) is 0 Å². The van der Waals surface area contributed by atoms with Gasteiger partial charge in [0, 0.05) is 17.5 Å². The molecule has 0 spiro atoms. The number of phenolic OH excluding ortho intramolecular Hbond substituents is 1. The van der Waals surface area contributed by atoms with Gasteiger partial charge in [-0.25, -0.2) is 0 Å². The van der Waals surface area contributed by atoms with Crippen LogP contribution in [-0.4, -0.2) is 10.7 Å². The normalized spacial score (nSPS) is 18.1. The summed E-state index contributed by atoms with van der Waals surface area (Å²) in [6.45, 7) is 10.4. The summed E-state index contributed by atoms with van der Waals surface area (Å²) in [7, 11) is 0. The van der Waals surface area contributed by atoms with E-state index in [0.717, 1.165) is 17.5 Å². The van der Waals surface area contributed by atoms with Crippen molar-refractivity contribution in [2.45, 2.75) is 52.1 Å².